The van der Waals surface area contributed by atoms with Crippen molar-refractivity contribution in [1.82, 2.24) is 9.80 Å². The van der Waals surface area contributed by atoms with Crippen molar-refractivity contribution in [3.8, 4) is 0 Å². The van der Waals surface area contributed by atoms with Gasteiger partial charge in [0.25, 0.3) is 0 Å². The summed E-state index contributed by atoms with van der Waals surface area (Å²) < 4.78 is 0. The lowest BCUT2D eigenvalue weighted by Crippen LogP contribution is -2.42. The van der Waals surface area contributed by atoms with Crippen molar-refractivity contribution in [2.45, 2.75) is 104 Å². The number of urea groups is 2. The predicted octanol–water partition coefficient (Wildman–Crippen LogP) is 9.93. The number of nitrogens with one attached hydrogen (secondary N) is 2. The molecule has 4 amide bonds. The number of benzene rings is 2. The van der Waals surface area contributed by atoms with Gasteiger partial charge in [0.05, 0.1) is 0 Å². The van der Waals surface area contributed by atoms with Crippen LogP contribution in [0, 0.1) is 11.8 Å². The van der Waals surface area contributed by atoms with Gasteiger partial charge in [0.15, 0.2) is 0 Å². The summed E-state index contributed by atoms with van der Waals surface area (Å²) in [5.74, 6) is 0.982. The van der Waals surface area contributed by atoms with Crippen LogP contribution in [0.15, 0.2) is 48.5 Å². The zero-order valence-electron chi connectivity index (χ0n) is 31.1. The highest BCUT2D eigenvalue weighted by molar-refractivity contribution is 5.90. The van der Waals surface area contributed by atoms with E-state index in [4.69, 9.17) is 0 Å². The number of hydrogen-bond donors (Lipinski definition) is 2. The monoisotopic (exact) mass is 663 g/mol. The minimum Gasteiger partial charge on any atom is -0.378 e. The molecule has 0 heterocycles. The van der Waals surface area contributed by atoms with Crippen molar-refractivity contribution < 1.29 is 9.59 Å². The third kappa shape index (κ3) is 14.0. The van der Waals surface area contributed by atoms with Crippen molar-refractivity contribution in [2.24, 2.45) is 11.8 Å². The molecule has 2 aromatic carbocycles. The number of nitrogens with zero attached hydrogens (tertiary/aromatic N) is 4. The van der Waals surface area contributed by atoms with Crippen molar-refractivity contribution in [3.05, 3.63) is 48.5 Å². The largest absolute Gasteiger partial charge is 0.378 e. The Morgan fingerprint density at radius 3 is 1.19 bits per heavy atom. The summed E-state index contributed by atoms with van der Waals surface area (Å²) in [6.45, 7) is 7.67. The molecular formula is C40H66N6O2. The fourth-order valence-electron chi connectivity index (χ4n) is 6.67. The molecule has 0 aliphatic heterocycles. The molecule has 0 radical (unpaired) electrons. The maximum Gasteiger partial charge on any atom is 0.321 e. The van der Waals surface area contributed by atoms with E-state index in [9.17, 15) is 9.59 Å². The second-order valence-electron chi connectivity index (χ2n) is 14.4. The molecule has 0 atom stereocenters. The fraction of sp³-hybridized carbons (Fsp3) is 0.650. The topological polar surface area (TPSA) is 71.2 Å². The number of unbranched alkanes of at least 4 members (excludes halogenated alkanes) is 8. The van der Waals surface area contributed by atoms with Crippen LogP contribution >= 0.6 is 0 Å². The van der Waals surface area contributed by atoms with E-state index in [1.807, 2.05) is 76.7 Å². The Morgan fingerprint density at radius 1 is 0.542 bits per heavy atom. The van der Waals surface area contributed by atoms with Gasteiger partial charge in [-0.25, -0.2) is 9.59 Å². The SMILES string of the molecule is CCCCCCCN(C[C@H]1CC[C@@H](CN(CCCCCCC)C(=O)Nc2ccc(N(C)C)cc2)CC1)C(=O)Nc1ccc(N(C)C)cc1. The number of carbonyl (C=O) groups is 2. The average molecular weight is 663 g/mol. The molecule has 0 bridgehead atoms. The predicted molar refractivity (Wildman–Crippen MR) is 206 cm³/mol. The Labute approximate surface area is 292 Å². The molecule has 1 fully saturated rings. The second kappa shape index (κ2) is 21.5. The van der Waals surface area contributed by atoms with Crippen LogP contribution < -0.4 is 20.4 Å². The quantitative estimate of drug-likeness (QED) is 0.139. The summed E-state index contributed by atoms with van der Waals surface area (Å²) in [4.78, 5) is 35.3. The van der Waals surface area contributed by atoms with Gasteiger partial charge in [-0.15, -0.1) is 0 Å². The van der Waals surface area contributed by atoms with Crippen LogP contribution in [0.5, 0.6) is 0 Å². The zero-order chi connectivity index (χ0) is 34.7. The van der Waals surface area contributed by atoms with Crippen molar-refractivity contribution >= 4 is 34.8 Å². The molecule has 2 aromatic rings. The first-order valence-corrected chi connectivity index (χ1v) is 18.9. The summed E-state index contributed by atoms with van der Waals surface area (Å²) in [5.41, 5.74) is 3.91. The van der Waals surface area contributed by atoms with Gasteiger partial charge in [-0.3, -0.25) is 0 Å². The molecule has 1 saturated carbocycles. The lowest BCUT2D eigenvalue weighted by molar-refractivity contribution is 0.159. The van der Waals surface area contributed by atoms with E-state index in [1.165, 1.54) is 38.5 Å². The summed E-state index contributed by atoms with van der Waals surface area (Å²) in [5, 5.41) is 6.35. The summed E-state index contributed by atoms with van der Waals surface area (Å²) >= 11 is 0. The Morgan fingerprint density at radius 2 is 0.875 bits per heavy atom. The Bertz CT molecular complexity index is 1080. The van der Waals surface area contributed by atoms with E-state index < -0.39 is 0 Å². The van der Waals surface area contributed by atoms with Crippen LogP contribution in [0.3, 0.4) is 0 Å². The van der Waals surface area contributed by atoms with Gasteiger partial charge >= 0.3 is 12.1 Å². The standard InChI is InChI=1S/C40H66N6O2/c1-7-9-11-13-15-29-45(39(47)41-35-21-25-37(26-22-35)43(3)4)31-33-17-19-34(20-18-33)32-46(30-16-14-12-10-8-2)40(48)42-36-23-27-38(28-24-36)44(5)6/h21-28,33-34H,7-20,29-32H2,1-6H3,(H,41,47)(H,42,48)/t33-,34+. The highest BCUT2D eigenvalue weighted by Gasteiger charge is 2.27. The molecule has 8 nitrogen and oxygen atoms in total. The van der Waals surface area contributed by atoms with E-state index in [1.54, 1.807) is 0 Å². The first-order valence-electron chi connectivity index (χ1n) is 18.9. The molecule has 0 unspecified atom stereocenters. The Kier molecular flexibility index (Phi) is 17.5. The molecule has 48 heavy (non-hydrogen) atoms. The van der Waals surface area contributed by atoms with Crippen molar-refractivity contribution in [2.75, 3.05) is 74.8 Å². The summed E-state index contributed by atoms with van der Waals surface area (Å²) in [6, 6.07) is 16.1. The number of hydrogen-bond acceptors (Lipinski definition) is 4. The molecule has 3 rings (SSSR count). The summed E-state index contributed by atoms with van der Waals surface area (Å²) in [7, 11) is 8.09. The van der Waals surface area contributed by atoms with Gasteiger partial charge in [0.2, 0.25) is 0 Å². The third-order valence-electron chi connectivity index (χ3n) is 9.83. The maximum atomic E-state index is 13.5. The van der Waals surface area contributed by atoms with Crippen LogP contribution in [-0.4, -0.2) is 76.2 Å². The maximum absolute atomic E-state index is 13.5. The van der Waals surface area contributed by atoms with Gasteiger partial charge in [0.1, 0.15) is 0 Å². The average Bonchev–Trinajstić information content (AvgIpc) is 3.08. The lowest BCUT2D eigenvalue weighted by atomic mass is 9.81. The molecule has 1 aliphatic rings. The molecule has 268 valence electrons. The van der Waals surface area contributed by atoms with E-state index in [0.29, 0.717) is 11.8 Å². The minimum absolute atomic E-state index is 0.00903. The Hall–Kier alpha value is -3.42. The van der Waals surface area contributed by atoms with Gasteiger partial charge in [-0.2, -0.15) is 0 Å². The second-order valence-corrected chi connectivity index (χ2v) is 14.4. The van der Waals surface area contributed by atoms with E-state index in [-0.39, 0.29) is 12.1 Å². The first kappa shape index (κ1) is 39.0. The van der Waals surface area contributed by atoms with Crippen LogP contribution in [0.4, 0.5) is 32.3 Å². The smallest absolute Gasteiger partial charge is 0.321 e. The van der Waals surface area contributed by atoms with Gasteiger partial charge in [-0.1, -0.05) is 65.2 Å². The van der Waals surface area contributed by atoms with Crippen molar-refractivity contribution in [3.63, 3.8) is 0 Å². The molecule has 2 N–H and O–H groups in total. The highest BCUT2D eigenvalue weighted by Crippen LogP contribution is 2.31. The molecular weight excluding hydrogens is 596 g/mol. The van der Waals surface area contributed by atoms with Crippen molar-refractivity contribution in [1.29, 1.82) is 0 Å². The molecule has 8 heteroatoms. The highest BCUT2D eigenvalue weighted by atomic mass is 16.2. The van der Waals surface area contributed by atoms with Crippen LogP contribution in [-0.2, 0) is 0 Å². The van der Waals surface area contributed by atoms with Crippen LogP contribution in [0.1, 0.15) is 104 Å². The lowest BCUT2D eigenvalue weighted by Gasteiger charge is -2.35. The van der Waals surface area contributed by atoms with Gasteiger partial charge in [-0.05, 0) is 98.9 Å². The van der Waals surface area contributed by atoms with Crippen LogP contribution in [0.2, 0.25) is 0 Å². The Balaban J connectivity index is 1.57. The van der Waals surface area contributed by atoms with Crippen LogP contribution in [0.25, 0.3) is 0 Å². The number of anilines is 4. The molecule has 0 saturated heterocycles. The van der Waals surface area contributed by atoms with Gasteiger partial charge < -0.3 is 30.2 Å². The third-order valence-corrected chi connectivity index (χ3v) is 9.83. The normalized spacial score (nSPS) is 15.9. The molecule has 0 aromatic heterocycles. The fourth-order valence-corrected chi connectivity index (χ4v) is 6.67. The van der Waals surface area contributed by atoms with E-state index >= 15 is 0 Å². The van der Waals surface area contributed by atoms with Gasteiger partial charge in [0, 0.05) is 77.1 Å². The molecule has 1 aliphatic carbocycles. The van der Waals surface area contributed by atoms with E-state index in [2.05, 4.69) is 44.1 Å². The minimum atomic E-state index is 0.00903. The van der Waals surface area contributed by atoms with E-state index in [0.717, 1.165) is 100 Å². The summed E-state index contributed by atoms with van der Waals surface area (Å²) in [6.07, 6.45) is 16.2. The molecule has 0 spiro atoms. The number of carbonyl (C=O) groups excluding carboxylic acids is 2. The number of rotatable bonds is 20. The first-order chi connectivity index (χ1) is 23.2. The number of amides is 4. The zero-order valence-corrected chi connectivity index (χ0v) is 31.1.